The number of hydrogen-bond donors (Lipinski definition) is 1. The molecule has 1 N–H and O–H groups in total. The Hall–Kier alpha value is -3.40. The summed E-state index contributed by atoms with van der Waals surface area (Å²) in [4.78, 5) is 25.1. The van der Waals surface area contributed by atoms with E-state index < -0.39 is 18.1 Å². The second-order valence-corrected chi connectivity index (χ2v) is 7.51. The van der Waals surface area contributed by atoms with E-state index in [0.717, 1.165) is 5.56 Å². The van der Waals surface area contributed by atoms with Crippen molar-refractivity contribution in [3.05, 3.63) is 59.1 Å². The van der Waals surface area contributed by atoms with E-state index in [1.54, 1.807) is 56.2 Å². The number of nitrogens with one attached hydrogen (secondary N) is 1. The Bertz CT molecular complexity index is 1070. The number of carbonyl (C=O) groups excluding carboxylic acids is 2. The van der Waals surface area contributed by atoms with Crippen molar-refractivity contribution >= 4 is 23.5 Å². The molecule has 1 amide bonds. The fourth-order valence-corrected chi connectivity index (χ4v) is 3.23. The standard InChI is InChI=1S/C21H25ClN6O4/c1-4-32-20(29)9-19(15-6-5-7-18(8-15)31-3)24-21(30)14(2)28-13-17(25-26-28)12-27-11-16(22)10-23-27/h5-8,10-11,13-14,19H,4,9,12H2,1-3H3,(H,24,30). The molecule has 0 saturated heterocycles. The van der Waals surface area contributed by atoms with E-state index in [0.29, 0.717) is 23.0 Å². The van der Waals surface area contributed by atoms with Gasteiger partial charge in [-0.05, 0) is 31.5 Å². The van der Waals surface area contributed by atoms with Crippen LogP contribution in [-0.4, -0.2) is 50.4 Å². The number of amides is 1. The molecular weight excluding hydrogens is 436 g/mol. The monoisotopic (exact) mass is 460 g/mol. The van der Waals surface area contributed by atoms with E-state index in [1.165, 1.54) is 10.9 Å². The SMILES string of the molecule is CCOC(=O)CC(NC(=O)C(C)n1cc(Cn2cc(Cl)cn2)nn1)c1cccc(OC)c1. The Morgan fingerprint density at radius 3 is 2.78 bits per heavy atom. The number of ether oxygens (including phenoxy) is 2. The topological polar surface area (TPSA) is 113 Å². The molecule has 0 spiro atoms. The predicted octanol–water partition coefficient (Wildman–Crippen LogP) is 2.56. The third kappa shape index (κ3) is 6.07. The second-order valence-electron chi connectivity index (χ2n) is 7.07. The number of benzene rings is 1. The summed E-state index contributed by atoms with van der Waals surface area (Å²) in [5.74, 6) is -0.104. The lowest BCUT2D eigenvalue weighted by Crippen LogP contribution is -2.35. The minimum Gasteiger partial charge on any atom is -0.497 e. The molecule has 2 heterocycles. The summed E-state index contributed by atoms with van der Waals surface area (Å²) in [7, 11) is 1.56. The van der Waals surface area contributed by atoms with Crippen LogP contribution in [0, 0.1) is 0 Å². The Kier molecular flexibility index (Phi) is 7.82. The van der Waals surface area contributed by atoms with Gasteiger partial charge in [0.25, 0.3) is 0 Å². The number of aromatic nitrogens is 5. The Balaban J connectivity index is 1.72. The number of carbonyl (C=O) groups is 2. The summed E-state index contributed by atoms with van der Waals surface area (Å²) in [6, 6.07) is 5.94. The van der Waals surface area contributed by atoms with Crippen LogP contribution in [0.3, 0.4) is 0 Å². The van der Waals surface area contributed by atoms with Gasteiger partial charge < -0.3 is 14.8 Å². The largest absolute Gasteiger partial charge is 0.497 e. The van der Waals surface area contributed by atoms with Gasteiger partial charge in [0.1, 0.15) is 17.5 Å². The normalized spacial score (nSPS) is 12.8. The van der Waals surface area contributed by atoms with E-state index in [4.69, 9.17) is 21.1 Å². The van der Waals surface area contributed by atoms with Gasteiger partial charge in [0.2, 0.25) is 5.91 Å². The van der Waals surface area contributed by atoms with Crippen molar-refractivity contribution < 1.29 is 19.1 Å². The maximum Gasteiger partial charge on any atom is 0.308 e. The van der Waals surface area contributed by atoms with Gasteiger partial charge in [-0.2, -0.15) is 5.10 Å². The van der Waals surface area contributed by atoms with Gasteiger partial charge in [-0.15, -0.1) is 5.10 Å². The Morgan fingerprint density at radius 1 is 1.28 bits per heavy atom. The van der Waals surface area contributed by atoms with Crippen LogP contribution in [0.5, 0.6) is 5.75 Å². The summed E-state index contributed by atoms with van der Waals surface area (Å²) >= 11 is 5.88. The number of halogens is 1. The highest BCUT2D eigenvalue weighted by Gasteiger charge is 2.24. The molecule has 3 aromatic rings. The first kappa shape index (κ1) is 23.3. The third-order valence-corrected chi connectivity index (χ3v) is 4.94. The zero-order chi connectivity index (χ0) is 23.1. The first-order chi connectivity index (χ1) is 15.4. The molecule has 32 heavy (non-hydrogen) atoms. The maximum absolute atomic E-state index is 13.0. The summed E-state index contributed by atoms with van der Waals surface area (Å²) in [5.41, 5.74) is 1.35. The fourth-order valence-electron chi connectivity index (χ4n) is 3.08. The molecule has 1 aromatic carbocycles. The molecule has 0 radical (unpaired) electrons. The molecule has 10 nitrogen and oxygen atoms in total. The Morgan fingerprint density at radius 2 is 2.09 bits per heavy atom. The molecule has 2 atom stereocenters. The van der Waals surface area contributed by atoms with Gasteiger partial charge >= 0.3 is 5.97 Å². The highest BCUT2D eigenvalue weighted by molar-refractivity contribution is 6.30. The van der Waals surface area contributed by atoms with Crippen molar-refractivity contribution in [3.63, 3.8) is 0 Å². The van der Waals surface area contributed by atoms with Crippen LogP contribution in [0.4, 0.5) is 0 Å². The van der Waals surface area contributed by atoms with Crippen molar-refractivity contribution in [2.75, 3.05) is 13.7 Å². The molecule has 0 fully saturated rings. The summed E-state index contributed by atoms with van der Waals surface area (Å²) in [6.45, 7) is 4.07. The van der Waals surface area contributed by atoms with E-state index >= 15 is 0 Å². The first-order valence-electron chi connectivity index (χ1n) is 10.1. The van der Waals surface area contributed by atoms with Crippen LogP contribution >= 0.6 is 11.6 Å². The van der Waals surface area contributed by atoms with Crippen molar-refractivity contribution in [2.24, 2.45) is 0 Å². The van der Waals surface area contributed by atoms with Gasteiger partial charge in [-0.3, -0.25) is 14.3 Å². The van der Waals surface area contributed by atoms with Gasteiger partial charge in [0.15, 0.2) is 0 Å². The number of hydrogen-bond acceptors (Lipinski definition) is 7. The molecule has 0 aliphatic carbocycles. The minimum absolute atomic E-state index is 0.0118. The number of esters is 1. The number of methoxy groups -OCH3 is 1. The fraction of sp³-hybridized carbons (Fsp3) is 0.381. The van der Waals surface area contributed by atoms with Gasteiger partial charge in [0, 0.05) is 6.20 Å². The average Bonchev–Trinajstić information content (AvgIpc) is 3.42. The molecule has 0 bridgehead atoms. The van der Waals surface area contributed by atoms with Crippen molar-refractivity contribution in [1.29, 1.82) is 0 Å². The predicted molar refractivity (Wildman–Crippen MR) is 116 cm³/mol. The van der Waals surface area contributed by atoms with Gasteiger partial charge in [-0.25, -0.2) is 4.68 Å². The average molecular weight is 461 g/mol. The van der Waals surface area contributed by atoms with Crippen LogP contribution in [0.2, 0.25) is 5.02 Å². The van der Waals surface area contributed by atoms with Crippen LogP contribution in [0.15, 0.2) is 42.9 Å². The van der Waals surface area contributed by atoms with Crippen LogP contribution in [-0.2, 0) is 20.9 Å². The van der Waals surface area contributed by atoms with Crippen LogP contribution in [0.1, 0.15) is 43.6 Å². The lowest BCUT2D eigenvalue weighted by atomic mass is 10.0. The lowest BCUT2D eigenvalue weighted by molar-refractivity contribution is -0.143. The van der Waals surface area contributed by atoms with E-state index in [-0.39, 0.29) is 18.9 Å². The highest BCUT2D eigenvalue weighted by atomic mass is 35.5. The molecule has 2 aromatic heterocycles. The highest BCUT2D eigenvalue weighted by Crippen LogP contribution is 2.23. The smallest absolute Gasteiger partial charge is 0.308 e. The van der Waals surface area contributed by atoms with Crippen molar-refractivity contribution in [2.45, 2.75) is 38.9 Å². The van der Waals surface area contributed by atoms with Crippen molar-refractivity contribution in [1.82, 2.24) is 30.1 Å². The minimum atomic E-state index is -0.659. The van der Waals surface area contributed by atoms with Crippen LogP contribution in [0.25, 0.3) is 0 Å². The van der Waals surface area contributed by atoms with E-state index in [9.17, 15) is 9.59 Å². The summed E-state index contributed by atoms with van der Waals surface area (Å²) < 4.78 is 13.4. The zero-order valence-electron chi connectivity index (χ0n) is 18.1. The molecular formula is C21H25ClN6O4. The molecule has 0 aliphatic heterocycles. The molecule has 170 valence electrons. The van der Waals surface area contributed by atoms with Crippen LogP contribution < -0.4 is 10.1 Å². The summed E-state index contributed by atoms with van der Waals surface area (Å²) in [5, 5.41) is 15.7. The third-order valence-electron chi connectivity index (χ3n) is 4.75. The molecule has 2 unspecified atom stereocenters. The van der Waals surface area contributed by atoms with E-state index in [2.05, 4.69) is 20.7 Å². The summed E-state index contributed by atoms with van der Waals surface area (Å²) in [6.07, 6.45) is 4.86. The molecule has 11 heteroatoms. The quantitative estimate of drug-likeness (QED) is 0.462. The van der Waals surface area contributed by atoms with Crippen molar-refractivity contribution in [3.8, 4) is 5.75 Å². The second kappa shape index (κ2) is 10.8. The van der Waals surface area contributed by atoms with Gasteiger partial charge in [0.05, 0.1) is 50.1 Å². The molecule has 0 saturated carbocycles. The van der Waals surface area contributed by atoms with E-state index in [1.807, 2.05) is 6.07 Å². The molecule has 0 aliphatic rings. The maximum atomic E-state index is 13.0. The Labute approximate surface area is 190 Å². The number of nitrogens with zero attached hydrogens (tertiary/aromatic N) is 5. The zero-order valence-corrected chi connectivity index (χ0v) is 18.8. The molecule has 3 rings (SSSR count). The first-order valence-corrected chi connectivity index (χ1v) is 10.5. The van der Waals surface area contributed by atoms with Gasteiger partial charge in [-0.1, -0.05) is 28.9 Å². The number of rotatable bonds is 10. The lowest BCUT2D eigenvalue weighted by Gasteiger charge is -2.21.